The van der Waals surface area contributed by atoms with E-state index in [1.54, 1.807) is 31.2 Å². The number of hydrogen-bond donors (Lipinski definition) is 1. The van der Waals surface area contributed by atoms with Gasteiger partial charge in [-0.15, -0.1) is 0 Å². The molecule has 0 saturated carbocycles. The fourth-order valence-corrected chi connectivity index (χ4v) is 4.58. The minimum absolute atomic E-state index is 0.219. The summed E-state index contributed by atoms with van der Waals surface area (Å²) in [5.74, 6) is -0.896. The smallest absolute Gasteiger partial charge is 0.319 e. The number of unbranched alkanes of at least 4 members (excludes halogenated alkanes) is 1. The third-order valence-electron chi connectivity index (χ3n) is 6.49. The Balaban J connectivity index is 1.23. The topological polar surface area (TPSA) is 86.8 Å². The summed E-state index contributed by atoms with van der Waals surface area (Å²) in [5, 5.41) is 4.90. The molecule has 2 aliphatic rings. The molecule has 33 heavy (non-hydrogen) atoms. The van der Waals surface area contributed by atoms with Crippen molar-refractivity contribution in [3.8, 4) is 0 Å². The summed E-state index contributed by atoms with van der Waals surface area (Å²) in [6.07, 6.45) is 0.982. The number of benzene rings is 3. The summed E-state index contributed by atoms with van der Waals surface area (Å²) in [4.78, 5) is 53.2. The van der Waals surface area contributed by atoms with E-state index >= 15 is 0 Å². The standard InChI is InChI=1S/C26H23N3O4/c1-26(19-13-12-17-8-2-3-9-18(17)16-19)24(32)29(25(33)27-26)15-7-6-14-28-22(30)20-10-4-5-11-21(20)23(28)31/h2-5,8-13,16H,6-7,14-15H2,1H3,(H,27,33). The van der Waals surface area contributed by atoms with E-state index in [4.69, 9.17) is 0 Å². The normalized spacial score (nSPS) is 20.0. The van der Waals surface area contributed by atoms with Crippen LogP contribution in [0.15, 0.2) is 66.7 Å². The van der Waals surface area contributed by atoms with Crippen molar-refractivity contribution < 1.29 is 19.2 Å². The number of imide groups is 2. The minimum atomic E-state index is -1.14. The Morgan fingerprint density at radius 1 is 0.727 bits per heavy atom. The zero-order chi connectivity index (χ0) is 23.2. The van der Waals surface area contributed by atoms with E-state index in [0.29, 0.717) is 24.0 Å². The first-order valence-electron chi connectivity index (χ1n) is 11.0. The van der Waals surface area contributed by atoms with Crippen molar-refractivity contribution in [1.82, 2.24) is 15.1 Å². The molecule has 1 unspecified atom stereocenters. The first kappa shape index (κ1) is 20.9. The summed E-state index contributed by atoms with van der Waals surface area (Å²) in [6.45, 7) is 2.19. The quantitative estimate of drug-likeness (QED) is 0.359. The fraction of sp³-hybridized carbons (Fsp3) is 0.231. The summed E-state index contributed by atoms with van der Waals surface area (Å²) < 4.78 is 0. The molecule has 1 atom stereocenters. The van der Waals surface area contributed by atoms with Crippen LogP contribution in [0.5, 0.6) is 0 Å². The molecular weight excluding hydrogens is 418 g/mol. The summed E-state index contributed by atoms with van der Waals surface area (Å²) in [6, 6.07) is 19.9. The van der Waals surface area contributed by atoms with E-state index in [0.717, 1.165) is 16.3 Å². The highest BCUT2D eigenvalue weighted by Gasteiger charge is 2.48. The molecule has 0 aromatic heterocycles. The SMILES string of the molecule is CC1(c2ccc3ccccc3c2)NC(=O)N(CCCCN2C(=O)c3ccccc3C2=O)C1=O. The van der Waals surface area contributed by atoms with Crippen molar-refractivity contribution in [1.29, 1.82) is 0 Å². The molecule has 166 valence electrons. The van der Waals surface area contributed by atoms with Gasteiger partial charge in [0.15, 0.2) is 0 Å². The largest absolute Gasteiger partial charge is 0.325 e. The van der Waals surface area contributed by atoms with E-state index in [1.165, 1.54) is 9.80 Å². The first-order chi connectivity index (χ1) is 15.9. The molecule has 0 radical (unpaired) electrons. The molecule has 1 fully saturated rings. The second kappa shape index (κ2) is 7.85. The molecule has 7 heteroatoms. The second-order valence-corrected chi connectivity index (χ2v) is 8.59. The van der Waals surface area contributed by atoms with E-state index < -0.39 is 11.6 Å². The van der Waals surface area contributed by atoms with Crippen LogP contribution in [0.25, 0.3) is 10.8 Å². The average molecular weight is 441 g/mol. The van der Waals surface area contributed by atoms with Crippen LogP contribution in [-0.2, 0) is 10.3 Å². The van der Waals surface area contributed by atoms with Crippen molar-refractivity contribution in [3.63, 3.8) is 0 Å². The van der Waals surface area contributed by atoms with Gasteiger partial charge in [0, 0.05) is 13.1 Å². The highest BCUT2D eigenvalue weighted by atomic mass is 16.2. The number of urea groups is 1. The number of fused-ring (bicyclic) bond motifs is 2. The van der Waals surface area contributed by atoms with E-state index in [9.17, 15) is 19.2 Å². The molecule has 1 saturated heterocycles. The summed E-state index contributed by atoms with van der Waals surface area (Å²) >= 11 is 0. The predicted molar refractivity (Wildman–Crippen MR) is 123 cm³/mol. The van der Waals surface area contributed by atoms with E-state index in [1.807, 2.05) is 42.5 Å². The molecule has 3 aromatic carbocycles. The minimum Gasteiger partial charge on any atom is -0.319 e. The maximum absolute atomic E-state index is 13.2. The van der Waals surface area contributed by atoms with Crippen LogP contribution in [0.4, 0.5) is 4.79 Å². The van der Waals surface area contributed by atoms with Crippen molar-refractivity contribution in [2.45, 2.75) is 25.3 Å². The van der Waals surface area contributed by atoms with Crippen molar-refractivity contribution in [2.24, 2.45) is 0 Å². The number of amides is 5. The molecule has 2 aliphatic heterocycles. The predicted octanol–water partition coefficient (Wildman–Crippen LogP) is 3.68. The average Bonchev–Trinajstić information content (AvgIpc) is 3.21. The van der Waals surface area contributed by atoms with E-state index in [-0.39, 0.29) is 30.8 Å². The maximum Gasteiger partial charge on any atom is 0.325 e. The summed E-state index contributed by atoms with van der Waals surface area (Å²) in [7, 11) is 0. The van der Waals surface area contributed by atoms with Crippen molar-refractivity contribution in [3.05, 3.63) is 83.4 Å². The van der Waals surface area contributed by atoms with Crippen LogP contribution in [-0.4, -0.2) is 46.6 Å². The monoisotopic (exact) mass is 441 g/mol. The van der Waals surface area contributed by atoms with Gasteiger partial charge in [0.1, 0.15) is 5.54 Å². The molecule has 2 heterocycles. The number of hydrogen-bond acceptors (Lipinski definition) is 4. The third kappa shape index (κ3) is 3.36. The lowest BCUT2D eigenvalue weighted by Crippen LogP contribution is -2.41. The second-order valence-electron chi connectivity index (χ2n) is 8.59. The van der Waals surface area contributed by atoms with Gasteiger partial charge in [0.2, 0.25) is 0 Å². The van der Waals surface area contributed by atoms with Gasteiger partial charge in [-0.1, -0.05) is 48.5 Å². The number of carbonyl (C=O) groups excluding carboxylic acids is 4. The molecule has 5 rings (SSSR count). The van der Waals surface area contributed by atoms with Crippen molar-refractivity contribution in [2.75, 3.05) is 13.1 Å². The van der Waals surface area contributed by atoms with Gasteiger partial charge in [-0.2, -0.15) is 0 Å². The molecule has 3 aromatic rings. The highest BCUT2D eigenvalue weighted by Crippen LogP contribution is 2.31. The van der Waals surface area contributed by atoms with Gasteiger partial charge in [-0.05, 0) is 54.3 Å². The number of rotatable bonds is 6. The maximum atomic E-state index is 13.2. The van der Waals surface area contributed by atoms with Gasteiger partial charge in [0.05, 0.1) is 11.1 Å². The molecule has 0 aliphatic carbocycles. The summed E-state index contributed by atoms with van der Waals surface area (Å²) in [5.41, 5.74) is 0.433. The fourth-order valence-electron chi connectivity index (χ4n) is 4.58. The lowest BCUT2D eigenvalue weighted by molar-refractivity contribution is -0.131. The van der Waals surface area contributed by atoms with Gasteiger partial charge in [-0.3, -0.25) is 24.2 Å². The van der Waals surface area contributed by atoms with Crippen LogP contribution in [0.3, 0.4) is 0 Å². The Kier molecular flexibility index (Phi) is 4.96. The van der Waals surface area contributed by atoms with Gasteiger partial charge < -0.3 is 5.32 Å². The van der Waals surface area contributed by atoms with Crippen LogP contribution >= 0.6 is 0 Å². The Hall–Kier alpha value is -4.00. The van der Waals surface area contributed by atoms with E-state index in [2.05, 4.69) is 5.32 Å². The number of nitrogens with one attached hydrogen (secondary N) is 1. The highest BCUT2D eigenvalue weighted by molar-refractivity contribution is 6.21. The first-order valence-corrected chi connectivity index (χ1v) is 11.0. The van der Waals surface area contributed by atoms with Crippen LogP contribution < -0.4 is 5.32 Å². The number of carbonyl (C=O) groups is 4. The number of nitrogens with zero attached hydrogens (tertiary/aromatic N) is 2. The molecule has 0 spiro atoms. The molecular formula is C26H23N3O4. The van der Waals surface area contributed by atoms with Gasteiger partial charge in [0.25, 0.3) is 17.7 Å². The van der Waals surface area contributed by atoms with Gasteiger partial charge in [-0.25, -0.2) is 4.79 Å². The Morgan fingerprint density at radius 2 is 1.30 bits per heavy atom. The lowest BCUT2D eigenvalue weighted by atomic mass is 9.90. The molecule has 7 nitrogen and oxygen atoms in total. The van der Waals surface area contributed by atoms with Crippen LogP contribution in [0, 0.1) is 0 Å². The molecule has 1 N–H and O–H groups in total. The molecule has 5 amide bonds. The molecule has 0 bridgehead atoms. The van der Waals surface area contributed by atoms with Crippen LogP contribution in [0.1, 0.15) is 46.0 Å². The zero-order valence-corrected chi connectivity index (χ0v) is 18.2. The zero-order valence-electron chi connectivity index (χ0n) is 18.2. The Morgan fingerprint density at radius 3 is 1.97 bits per heavy atom. The lowest BCUT2D eigenvalue weighted by Gasteiger charge is -2.23. The van der Waals surface area contributed by atoms with Crippen LogP contribution in [0.2, 0.25) is 0 Å². The Bertz CT molecular complexity index is 1280. The van der Waals surface area contributed by atoms with Crippen molar-refractivity contribution >= 4 is 34.5 Å². The Labute approximate surface area is 191 Å². The third-order valence-corrected chi connectivity index (χ3v) is 6.49. The van der Waals surface area contributed by atoms with Gasteiger partial charge >= 0.3 is 6.03 Å².